The SMILES string of the molecule is O=C(c1ccc(Cl)c(I)c1)N(c1ccc(Cl)c(I)c1)C1CC1. The van der Waals surface area contributed by atoms with Crippen molar-refractivity contribution < 1.29 is 4.79 Å². The maximum atomic E-state index is 12.9. The Kier molecular flexibility index (Phi) is 5.21. The van der Waals surface area contributed by atoms with Gasteiger partial charge < -0.3 is 4.90 Å². The minimum atomic E-state index is 0.00945. The van der Waals surface area contributed by atoms with E-state index in [1.807, 2.05) is 29.2 Å². The van der Waals surface area contributed by atoms with E-state index in [1.165, 1.54) is 0 Å². The highest BCUT2D eigenvalue weighted by atomic mass is 127. The van der Waals surface area contributed by atoms with E-state index in [0.717, 1.165) is 25.7 Å². The van der Waals surface area contributed by atoms with Crippen LogP contribution in [0.3, 0.4) is 0 Å². The fraction of sp³-hybridized carbons (Fsp3) is 0.188. The highest BCUT2D eigenvalue weighted by Crippen LogP contribution is 2.35. The summed E-state index contributed by atoms with van der Waals surface area (Å²) in [5, 5.41) is 1.37. The van der Waals surface area contributed by atoms with E-state index in [4.69, 9.17) is 23.2 Å². The van der Waals surface area contributed by atoms with Gasteiger partial charge in [-0.2, -0.15) is 0 Å². The first-order valence-corrected chi connectivity index (χ1v) is 9.62. The molecule has 0 aliphatic heterocycles. The molecule has 2 aromatic carbocycles. The molecule has 0 bridgehead atoms. The zero-order valence-electron chi connectivity index (χ0n) is 11.3. The highest BCUT2D eigenvalue weighted by molar-refractivity contribution is 14.1. The van der Waals surface area contributed by atoms with E-state index in [-0.39, 0.29) is 11.9 Å². The van der Waals surface area contributed by atoms with Crippen molar-refractivity contribution in [2.24, 2.45) is 0 Å². The molecule has 0 N–H and O–H groups in total. The molecule has 0 unspecified atom stereocenters. The Morgan fingerprint density at radius 3 is 2.14 bits per heavy atom. The van der Waals surface area contributed by atoms with Gasteiger partial charge >= 0.3 is 0 Å². The molecule has 0 spiro atoms. The lowest BCUT2D eigenvalue weighted by Gasteiger charge is -2.23. The lowest BCUT2D eigenvalue weighted by Crippen LogP contribution is -2.33. The van der Waals surface area contributed by atoms with Gasteiger partial charge in [0.25, 0.3) is 5.91 Å². The van der Waals surface area contributed by atoms with E-state index in [2.05, 4.69) is 45.2 Å². The van der Waals surface area contributed by atoms with E-state index < -0.39 is 0 Å². The van der Waals surface area contributed by atoms with Crippen molar-refractivity contribution in [1.82, 2.24) is 0 Å². The molecular weight excluding hydrogens is 547 g/mol. The van der Waals surface area contributed by atoms with Crippen LogP contribution in [0.2, 0.25) is 10.0 Å². The number of carbonyl (C=O) groups excluding carboxylic acids is 1. The number of rotatable bonds is 3. The maximum absolute atomic E-state index is 12.9. The summed E-state index contributed by atoms with van der Waals surface area (Å²) in [4.78, 5) is 14.8. The Bertz CT molecular complexity index is 747. The van der Waals surface area contributed by atoms with Gasteiger partial charge in [0.2, 0.25) is 0 Å². The molecule has 0 aromatic heterocycles. The first kappa shape index (κ1) is 16.8. The number of hydrogen-bond acceptors (Lipinski definition) is 1. The third-order valence-corrected chi connectivity index (χ3v) is 6.56. The molecule has 6 heteroatoms. The van der Waals surface area contributed by atoms with Crippen LogP contribution in [0.15, 0.2) is 36.4 Å². The van der Waals surface area contributed by atoms with Crippen LogP contribution in [0.1, 0.15) is 23.2 Å². The van der Waals surface area contributed by atoms with Crippen LogP contribution in [-0.2, 0) is 0 Å². The summed E-state index contributed by atoms with van der Waals surface area (Å²) < 4.78 is 1.83. The van der Waals surface area contributed by atoms with Crippen molar-refractivity contribution in [3.8, 4) is 0 Å². The van der Waals surface area contributed by atoms with Crippen LogP contribution in [-0.4, -0.2) is 11.9 Å². The Morgan fingerprint density at radius 2 is 1.59 bits per heavy atom. The van der Waals surface area contributed by atoms with Crippen LogP contribution in [0, 0.1) is 7.14 Å². The van der Waals surface area contributed by atoms with Gasteiger partial charge in [-0.25, -0.2) is 0 Å². The summed E-state index contributed by atoms with van der Waals surface area (Å²) in [5.74, 6) is 0.00945. The molecule has 3 rings (SSSR count). The molecule has 1 aliphatic carbocycles. The summed E-state index contributed by atoms with van der Waals surface area (Å²) in [7, 11) is 0. The first-order valence-electron chi connectivity index (χ1n) is 6.71. The highest BCUT2D eigenvalue weighted by Gasteiger charge is 2.34. The summed E-state index contributed by atoms with van der Waals surface area (Å²) in [5.41, 5.74) is 1.55. The average molecular weight is 558 g/mol. The molecule has 1 aliphatic rings. The van der Waals surface area contributed by atoms with E-state index >= 15 is 0 Å². The van der Waals surface area contributed by atoms with Gasteiger partial charge in [0.1, 0.15) is 0 Å². The average Bonchev–Trinajstić information content (AvgIpc) is 3.30. The number of halogens is 4. The molecule has 0 saturated heterocycles. The first-order chi connectivity index (χ1) is 10.5. The van der Waals surface area contributed by atoms with Gasteiger partial charge in [-0.3, -0.25) is 4.79 Å². The van der Waals surface area contributed by atoms with Crippen molar-refractivity contribution in [2.75, 3.05) is 4.90 Å². The summed E-state index contributed by atoms with van der Waals surface area (Å²) in [6.07, 6.45) is 2.07. The Balaban J connectivity index is 1.98. The van der Waals surface area contributed by atoms with E-state index in [1.54, 1.807) is 12.1 Å². The molecule has 1 saturated carbocycles. The zero-order valence-corrected chi connectivity index (χ0v) is 17.1. The second-order valence-electron chi connectivity index (χ2n) is 5.13. The molecule has 22 heavy (non-hydrogen) atoms. The van der Waals surface area contributed by atoms with Gasteiger partial charge in [-0.1, -0.05) is 23.2 Å². The molecule has 2 aromatic rings. The summed E-state index contributed by atoms with van der Waals surface area (Å²) in [6, 6.07) is 11.4. The second kappa shape index (κ2) is 6.83. The van der Waals surface area contributed by atoms with Crippen molar-refractivity contribution in [3.05, 3.63) is 59.1 Å². The molecule has 0 heterocycles. The Labute approximate surface area is 166 Å². The standard InChI is InChI=1S/C16H11Cl2I2NO/c17-12-5-1-9(7-14(12)19)16(22)21(10-2-3-10)11-4-6-13(18)15(20)8-11/h1,4-8,10H,2-3H2. The topological polar surface area (TPSA) is 20.3 Å². The van der Waals surface area contributed by atoms with Crippen molar-refractivity contribution in [1.29, 1.82) is 0 Å². The molecule has 2 nitrogen and oxygen atoms in total. The smallest absolute Gasteiger partial charge is 0.258 e. The fourth-order valence-corrected chi connectivity index (χ4v) is 3.48. The Hall–Kier alpha value is -0.0500. The Morgan fingerprint density at radius 1 is 1.00 bits per heavy atom. The third-order valence-electron chi connectivity index (χ3n) is 3.48. The molecule has 1 amide bonds. The lowest BCUT2D eigenvalue weighted by molar-refractivity contribution is 0.0985. The molecular formula is C16H11Cl2I2NO. The van der Waals surface area contributed by atoms with Crippen LogP contribution >= 0.6 is 68.4 Å². The minimum absolute atomic E-state index is 0.00945. The number of anilines is 1. The normalized spacial score (nSPS) is 14.0. The van der Waals surface area contributed by atoms with Crippen LogP contribution in [0.5, 0.6) is 0 Å². The van der Waals surface area contributed by atoms with Crippen molar-refractivity contribution in [2.45, 2.75) is 18.9 Å². The number of nitrogens with zero attached hydrogens (tertiary/aromatic N) is 1. The molecule has 114 valence electrons. The molecule has 0 atom stereocenters. The van der Waals surface area contributed by atoms with E-state index in [9.17, 15) is 4.79 Å². The number of amides is 1. The molecule has 0 radical (unpaired) electrons. The number of hydrogen-bond donors (Lipinski definition) is 0. The monoisotopic (exact) mass is 557 g/mol. The van der Waals surface area contributed by atoms with Crippen LogP contribution < -0.4 is 4.90 Å². The largest absolute Gasteiger partial charge is 0.305 e. The second-order valence-corrected chi connectivity index (χ2v) is 8.27. The number of benzene rings is 2. The maximum Gasteiger partial charge on any atom is 0.258 e. The van der Waals surface area contributed by atoms with Gasteiger partial charge in [0.05, 0.1) is 10.0 Å². The number of carbonyl (C=O) groups is 1. The minimum Gasteiger partial charge on any atom is -0.305 e. The zero-order chi connectivity index (χ0) is 15.9. The predicted molar refractivity (Wildman–Crippen MR) is 108 cm³/mol. The van der Waals surface area contributed by atoms with Crippen molar-refractivity contribution in [3.63, 3.8) is 0 Å². The third kappa shape index (κ3) is 3.55. The van der Waals surface area contributed by atoms with Gasteiger partial charge in [-0.05, 0) is 94.4 Å². The van der Waals surface area contributed by atoms with Gasteiger partial charge in [0, 0.05) is 24.4 Å². The van der Waals surface area contributed by atoms with Crippen molar-refractivity contribution >= 4 is 80.0 Å². The quantitative estimate of drug-likeness (QED) is 0.423. The predicted octanol–water partition coefficient (Wildman–Crippen LogP) is 6.01. The summed E-state index contributed by atoms with van der Waals surface area (Å²) in [6.45, 7) is 0. The lowest BCUT2D eigenvalue weighted by atomic mass is 10.1. The molecule has 1 fully saturated rings. The van der Waals surface area contributed by atoms with Gasteiger partial charge in [0.15, 0.2) is 0 Å². The van der Waals surface area contributed by atoms with E-state index in [0.29, 0.717) is 15.6 Å². The van der Waals surface area contributed by atoms with Gasteiger partial charge in [-0.15, -0.1) is 0 Å². The fourth-order valence-electron chi connectivity index (χ4n) is 2.23. The van der Waals surface area contributed by atoms with Crippen LogP contribution in [0.4, 0.5) is 5.69 Å². The van der Waals surface area contributed by atoms with Crippen LogP contribution in [0.25, 0.3) is 0 Å². The summed E-state index contributed by atoms with van der Waals surface area (Å²) >= 11 is 16.5.